The molecule has 24 heavy (non-hydrogen) atoms. The molecule has 0 aliphatic heterocycles. The van der Waals surface area contributed by atoms with Crippen molar-refractivity contribution in [3.8, 4) is 16.9 Å². The van der Waals surface area contributed by atoms with Gasteiger partial charge in [-0.1, -0.05) is 30.3 Å². The van der Waals surface area contributed by atoms with Crippen LogP contribution in [-0.4, -0.2) is 0 Å². The highest BCUT2D eigenvalue weighted by Crippen LogP contribution is 2.34. The second-order valence-corrected chi connectivity index (χ2v) is 5.28. The topological polar surface area (TPSA) is 35.2 Å². The first-order chi connectivity index (χ1) is 11.5. The average Bonchev–Trinajstić information content (AvgIpc) is 2.58. The second kappa shape index (κ2) is 6.66. The van der Waals surface area contributed by atoms with Gasteiger partial charge in [0.2, 0.25) is 0 Å². The molecule has 0 aromatic heterocycles. The van der Waals surface area contributed by atoms with E-state index in [9.17, 15) is 13.2 Å². The maximum atomic E-state index is 13.5. The fourth-order valence-corrected chi connectivity index (χ4v) is 2.34. The predicted molar refractivity (Wildman–Crippen MR) is 86.9 cm³/mol. The Bertz CT molecular complexity index is 843. The Morgan fingerprint density at radius 1 is 0.833 bits per heavy atom. The van der Waals surface area contributed by atoms with Crippen molar-refractivity contribution < 1.29 is 17.9 Å². The number of halogens is 3. The van der Waals surface area contributed by atoms with Gasteiger partial charge in [-0.05, 0) is 35.4 Å². The van der Waals surface area contributed by atoms with Crippen LogP contribution in [0.5, 0.6) is 5.75 Å². The molecule has 0 aliphatic carbocycles. The summed E-state index contributed by atoms with van der Waals surface area (Å²) in [7, 11) is 0. The van der Waals surface area contributed by atoms with Crippen LogP contribution in [0.4, 0.5) is 18.9 Å². The third-order valence-electron chi connectivity index (χ3n) is 3.54. The van der Waals surface area contributed by atoms with Crippen LogP contribution >= 0.6 is 0 Å². The Morgan fingerprint density at radius 3 is 2.17 bits per heavy atom. The third-order valence-corrected chi connectivity index (χ3v) is 3.54. The van der Waals surface area contributed by atoms with Crippen molar-refractivity contribution in [2.75, 3.05) is 5.73 Å². The van der Waals surface area contributed by atoms with E-state index in [0.29, 0.717) is 17.0 Å². The lowest BCUT2D eigenvalue weighted by Crippen LogP contribution is -1.99. The summed E-state index contributed by atoms with van der Waals surface area (Å²) in [6, 6.07) is 16.0. The van der Waals surface area contributed by atoms with E-state index in [0.717, 1.165) is 17.7 Å². The molecule has 2 nitrogen and oxygen atoms in total. The summed E-state index contributed by atoms with van der Waals surface area (Å²) in [6.45, 7) is 0.267. The van der Waals surface area contributed by atoms with Gasteiger partial charge in [-0.15, -0.1) is 0 Å². The number of ether oxygens (including phenoxy) is 1. The van der Waals surface area contributed by atoms with E-state index in [-0.39, 0.29) is 12.2 Å². The molecule has 0 fully saturated rings. The van der Waals surface area contributed by atoms with Crippen LogP contribution in [0.25, 0.3) is 11.1 Å². The zero-order valence-corrected chi connectivity index (χ0v) is 12.6. The van der Waals surface area contributed by atoms with Gasteiger partial charge in [-0.25, -0.2) is 13.2 Å². The van der Waals surface area contributed by atoms with Crippen molar-refractivity contribution in [1.29, 1.82) is 0 Å². The Balaban J connectivity index is 1.97. The molecule has 0 saturated heterocycles. The number of rotatable bonds is 4. The highest BCUT2D eigenvalue weighted by molar-refractivity contribution is 5.73. The minimum atomic E-state index is -1.50. The summed E-state index contributed by atoms with van der Waals surface area (Å²) in [5.74, 6) is -3.64. The number of hydrogen-bond acceptors (Lipinski definition) is 2. The molecule has 0 saturated carbocycles. The minimum absolute atomic E-state index is 0.175. The molecule has 2 N–H and O–H groups in total. The molecule has 5 heteroatoms. The van der Waals surface area contributed by atoms with E-state index >= 15 is 0 Å². The van der Waals surface area contributed by atoms with E-state index in [1.807, 2.05) is 30.3 Å². The highest BCUT2D eigenvalue weighted by atomic mass is 19.2. The minimum Gasteiger partial charge on any atom is -0.488 e. The van der Waals surface area contributed by atoms with Gasteiger partial charge in [0.05, 0.1) is 0 Å². The highest BCUT2D eigenvalue weighted by Gasteiger charge is 2.15. The van der Waals surface area contributed by atoms with Crippen molar-refractivity contribution in [2.45, 2.75) is 6.61 Å². The van der Waals surface area contributed by atoms with Crippen molar-refractivity contribution in [3.63, 3.8) is 0 Å². The standard InChI is InChI=1S/C19H14F3NO/c20-16-8-13(9-17(21)19(16)22)15-7-6-14(23)10-18(15)24-11-12-4-2-1-3-5-12/h1-10H,11,23H2. The van der Waals surface area contributed by atoms with Crippen LogP contribution in [0.15, 0.2) is 60.7 Å². The number of anilines is 1. The molecule has 0 bridgehead atoms. The third kappa shape index (κ3) is 3.35. The first-order valence-electron chi connectivity index (χ1n) is 7.26. The first-order valence-corrected chi connectivity index (χ1v) is 7.26. The molecule has 122 valence electrons. The van der Waals surface area contributed by atoms with Crippen molar-refractivity contribution in [3.05, 3.63) is 83.7 Å². The van der Waals surface area contributed by atoms with E-state index < -0.39 is 17.5 Å². The number of nitrogens with two attached hydrogens (primary N) is 1. The molecule has 0 unspecified atom stereocenters. The first kappa shape index (κ1) is 15.9. The Kier molecular flexibility index (Phi) is 4.42. The summed E-state index contributed by atoms with van der Waals surface area (Å²) >= 11 is 0. The van der Waals surface area contributed by atoms with Gasteiger partial charge in [0.25, 0.3) is 0 Å². The lowest BCUT2D eigenvalue weighted by molar-refractivity contribution is 0.307. The summed E-state index contributed by atoms with van der Waals surface area (Å²) < 4.78 is 45.9. The SMILES string of the molecule is Nc1ccc(-c2cc(F)c(F)c(F)c2)c(OCc2ccccc2)c1. The zero-order valence-electron chi connectivity index (χ0n) is 12.6. The van der Waals surface area contributed by atoms with Crippen molar-refractivity contribution in [2.24, 2.45) is 0 Å². The van der Waals surface area contributed by atoms with Gasteiger partial charge >= 0.3 is 0 Å². The fourth-order valence-electron chi connectivity index (χ4n) is 2.34. The molecule has 3 aromatic rings. The van der Waals surface area contributed by atoms with Crippen LogP contribution in [0.1, 0.15) is 5.56 Å². The Hall–Kier alpha value is -2.95. The van der Waals surface area contributed by atoms with Gasteiger partial charge in [-0.3, -0.25) is 0 Å². The number of hydrogen-bond donors (Lipinski definition) is 1. The molecule has 0 spiro atoms. The lowest BCUT2D eigenvalue weighted by Gasteiger charge is -2.13. The largest absolute Gasteiger partial charge is 0.488 e. The van der Waals surface area contributed by atoms with Crippen LogP contribution in [0.2, 0.25) is 0 Å². The zero-order chi connectivity index (χ0) is 17.1. The van der Waals surface area contributed by atoms with Crippen molar-refractivity contribution >= 4 is 5.69 Å². The maximum absolute atomic E-state index is 13.5. The molecule has 0 aliphatic rings. The van der Waals surface area contributed by atoms with Crippen molar-refractivity contribution in [1.82, 2.24) is 0 Å². The van der Waals surface area contributed by atoms with Gasteiger partial charge in [0.15, 0.2) is 17.5 Å². The van der Waals surface area contributed by atoms with Crippen LogP contribution in [0, 0.1) is 17.5 Å². The van der Waals surface area contributed by atoms with Crippen LogP contribution in [0.3, 0.4) is 0 Å². The smallest absolute Gasteiger partial charge is 0.194 e. The Labute approximate surface area is 137 Å². The van der Waals surface area contributed by atoms with E-state index in [1.54, 1.807) is 18.2 Å². The Morgan fingerprint density at radius 2 is 1.50 bits per heavy atom. The maximum Gasteiger partial charge on any atom is 0.194 e. The molecule has 0 heterocycles. The molecular formula is C19H14F3NO. The summed E-state index contributed by atoms with van der Waals surface area (Å²) in [4.78, 5) is 0. The number of benzene rings is 3. The average molecular weight is 329 g/mol. The molecule has 0 atom stereocenters. The molecule has 0 amide bonds. The lowest BCUT2D eigenvalue weighted by atomic mass is 10.0. The summed E-state index contributed by atoms with van der Waals surface area (Å²) in [5.41, 5.74) is 7.76. The summed E-state index contributed by atoms with van der Waals surface area (Å²) in [6.07, 6.45) is 0. The van der Waals surface area contributed by atoms with Gasteiger partial charge < -0.3 is 10.5 Å². The fraction of sp³-hybridized carbons (Fsp3) is 0.0526. The molecule has 0 radical (unpaired) electrons. The van der Waals surface area contributed by atoms with Crippen LogP contribution < -0.4 is 10.5 Å². The van der Waals surface area contributed by atoms with E-state index in [1.165, 1.54) is 0 Å². The van der Waals surface area contributed by atoms with Gasteiger partial charge in [0.1, 0.15) is 12.4 Å². The summed E-state index contributed by atoms with van der Waals surface area (Å²) in [5, 5.41) is 0. The molecule has 3 aromatic carbocycles. The quantitative estimate of drug-likeness (QED) is 0.544. The van der Waals surface area contributed by atoms with Gasteiger partial charge in [-0.2, -0.15) is 0 Å². The predicted octanol–water partition coefficient (Wildman–Crippen LogP) is 4.93. The normalized spacial score (nSPS) is 10.6. The molecular weight excluding hydrogens is 315 g/mol. The van der Waals surface area contributed by atoms with E-state index in [4.69, 9.17) is 10.5 Å². The number of nitrogen functional groups attached to an aromatic ring is 1. The van der Waals surface area contributed by atoms with Gasteiger partial charge in [0, 0.05) is 17.3 Å². The second-order valence-electron chi connectivity index (χ2n) is 5.28. The monoisotopic (exact) mass is 329 g/mol. The molecule has 3 rings (SSSR count). The van der Waals surface area contributed by atoms with Crippen LogP contribution in [-0.2, 0) is 6.61 Å². The van der Waals surface area contributed by atoms with E-state index in [2.05, 4.69) is 0 Å².